The van der Waals surface area contributed by atoms with Crippen LogP contribution in [0.1, 0.15) is 27.7 Å². The van der Waals surface area contributed by atoms with Crippen LogP contribution in [0.3, 0.4) is 0 Å². The van der Waals surface area contributed by atoms with Crippen LogP contribution in [0.25, 0.3) is 0 Å². The van der Waals surface area contributed by atoms with E-state index < -0.39 is 11.6 Å². The van der Waals surface area contributed by atoms with Crippen molar-refractivity contribution in [2.75, 3.05) is 6.61 Å². The Labute approximate surface area is 79.1 Å². The number of carbonyl (C=O) groups is 1. The lowest BCUT2D eigenvalue weighted by molar-refractivity contribution is -0.136. The summed E-state index contributed by atoms with van der Waals surface area (Å²) in [5, 5.41) is 9.63. The van der Waals surface area contributed by atoms with Crippen LogP contribution in [0.5, 0.6) is 0 Å². The fourth-order valence-corrected chi connectivity index (χ4v) is 0.489. The van der Waals surface area contributed by atoms with Gasteiger partial charge in [0.15, 0.2) is 0 Å². The Bertz CT molecular complexity index is 230. The molecule has 0 saturated carbocycles. The third kappa shape index (κ3) is 4.54. The summed E-state index contributed by atoms with van der Waals surface area (Å²) >= 11 is 0. The lowest BCUT2D eigenvalue weighted by atomic mass is 9.93. The molecule has 0 heterocycles. The fourth-order valence-electron chi connectivity index (χ4n) is 0.489. The first-order valence-corrected chi connectivity index (χ1v) is 4.32. The van der Waals surface area contributed by atoms with Gasteiger partial charge in [0.2, 0.25) is 0 Å². The van der Waals surface area contributed by atoms with Gasteiger partial charge in [0.25, 0.3) is 0 Å². The van der Waals surface area contributed by atoms with E-state index in [2.05, 4.69) is 16.6 Å². The van der Waals surface area contributed by atoms with Crippen molar-refractivity contribution in [1.82, 2.24) is 0 Å². The predicted octanol–water partition coefficient (Wildman–Crippen LogP) is 0.960. The average Bonchev–Trinajstić information content (AvgIpc) is 2.01. The number of hydrogen-bond donors (Lipinski definition) is 1. The van der Waals surface area contributed by atoms with Crippen molar-refractivity contribution in [3.05, 3.63) is 0 Å². The van der Waals surface area contributed by atoms with Crippen LogP contribution in [-0.2, 0) is 9.53 Å². The monoisotopic (exact) mass is 184 g/mol. The molecular formula is C10H16O3. The summed E-state index contributed by atoms with van der Waals surface area (Å²) in [7, 11) is 0. The lowest BCUT2D eigenvalue weighted by Crippen LogP contribution is -2.29. The summed E-state index contributed by atoms with van der Waals surface area (Å²) < 4.78 is 4.59. The predicted molar refractivity (Wildman–Crippen MR) is 49.9 cm³/mol. The Kier molecular flexibility index (Phi) is 4.50. The number of esters is 1. The molecule has 0 aliphatic rings. The number of rotatable bonds is 2. The molecule has 0 radical (unpaired) electrons. The molecule has 0 aliphatic carbocycles. The number of ether oxygens (including phenoxy) is 1. The minimum absolute atomic E-state index is 0.0190. The van der Waals surface area contributed by atoms with Gasteiger partial charge < -0.3 is 9.84 Å². The molecule has 0 aliphatic heterocycles. The molecule has 0 aromatic heterocycles. The normalized spacial score (nSPS) is 14.3. The zero-order valence-electron chi connectivity index (χ0n) is 8.55. The molecule has 0 rings (SSSR count). The van der Waals surface area contributed by atoms with Crippen molar-refractivity contribution in [3.8, 4) is 11.8 Å². The van der Waals surface area contributed by atoms with Crippen molar-refractivity contribution in [3.63, 3.8) is 0 Å². The second-order valence-corrected chi connectivity index (χ2v) is 3.27. The van der Waals surface area contributed by atoms with Gasteiger partial charge in [-0.25, -0.2) is 4.79 Å². The van der Waals surface area contributed by atoms with Crippen LogP contribution in [0.15, 0.2) is 0 Å². The van der Waals surface area contributed by atoms with Crippen LogP contribution in [0.2, 0.25) is 0 Å². The molecule has 0 bridgehead atoms. The first-order valence-electron chi connectivity index (χ1n) is 4.32. The van der Waals surface area contributed by atoms with E-state index in [9.17, 15) is 9.90 Å². The minimum Gasteiger partial charge on any atom is -0.456 e. The topological polar surface area (TPSA) is 46.5 Å². The smallest absolute Gasteiger partial charge is 0.384 e. The van der Waals surface area contributed by atoms with E-state index in [4.69, 9.17) is 0 Å². The molecule has 1 N–H and O–H groups in total. The molecule has 1 unspecified atom stereocenters. The second kappa shape index (κ2) is 4.88. The molecular weight excluding hydrogens is 168 g/mol. The third-order valence-corrected chi connectivity index (χ3v) is 1.82. The first kappa shape index (κ1) is 12.0. The van der Waals surface area contributed by atoms with Gasteiger partial charge in [-0.1, -0.05) is 19.8 Å². The van der Waals surface area contributed by atoms with E-state index in [0.717, 1.165) is 0 Å². The van der Waals surface area contributed by atoms with E-state index in [0.29, 0.717) is 6.61 Å². The van der Waals surface area contributed by atoms with E-state index in [-0.39, 0.29) is 5.92 Å². The lowest BCUT2D eigenvalue weighted by Gasteiger charge is -2.20. The maximum absolute atomic E-state index is 10.8. The van der Waals surface area contributed by atoms with Gasteiger partial charge in [0.05, 0.1) is 6.61 Å². The largest absolute Gasteiger partial charge is 0.456 e. The third-order valence-electron chi connectivity index (χ3n) is 1.82. The van der Waals surface area contributed by atoms with E-state index in [1.54, 1.807) is 13.8 Å². The molecule has 0 aromatic carbocycles. The molecule has 1 atom stereocenters. The second-order valence-electron chi connectivity index (χ2n) is 3.27. The van der Waals surface area contributed by atoms with E-state index in [1.807, 2.05) is 13.8 Å². The maximum atomic E-state index is 10.8. The molecule has 3 nitrogen and oxygen atoms in total. The van der Waals surface area contributed by atoms with Crippen LogP contribution in [-0.4, -0.2) is 23.3 Å². The minimum atomic E-state index is -1.13. The molecule has 74 valence electrons. The number of hydrogen-bond acceptors (Lipinski definition) is 3. The summed E-state index contributed by atoms with van der Waals surface area (Å²) in [5.41, 5.74) is -1.13. The zero-order valence-corrected chi connectivity index (χ0v) is 8.55. The van der Waals surface area contributed by atoms with Gasteiger partial charge in [-0.2, -0.15) is 0 Å². The van der Waals surface area contributed by atoms with E-state index in [1.165, 1.54) is 0 Å². The summed E-state index contributed by atoms with van der Waals surface area (Å²) in [6.07, 6.45) is 0. The summed E-state index contributed by atoms with van der Waals surface area (Å²) in [5.74, 6) is 4.10. The molecule has 13 heavy (non-hydrogen) atoms. The molecule has 0 spiro atoms. The van der Waals surface area contributed by atoms with Crippen molar-refractivity contribution >= 4 is 5.97 Å². The summed E-state index contributed by atoms with van der Waals surface area (Å²) in [4.78, 5) is 10.8. The van der Waals surface area contributed by atoms with Gasteiger partial charge >= 0.3 is 5.97 Å². The van der Waals surface area contributed by atoms with Crippen molar-refractivity contribution in [2.24, 2.45) is 5.92 Å². The zero-order chi connectivity index (χ0) is 10.5. The SMILES string of the molecule is CCOC(=O)C#CC(C)(O)C(C)C. The van der Waals surface area contributed by atoms with Crippen LogP contribution >= 0.6 is 0 Å². The van der Waals surface area contributed by atoms with Gasteiger partial charge in [0.1, 0.15) is 5.60 Å². The van der Waals surface area contributed by atoms with Gasteiger partial charge in [-0.3, -0.25) is 0 Å². The average molecular weight is 184 g/mol. The Hall–Kier alpha value is -1.01. The Morgan fingerprint density at radius 2 is 2.15 bits per heavy atom. The van der Waals surface area contributed by atoms with E-state index >= 15 is 0 Å². The van der Waals surface area contributed by atoms with Crippen LogP contribution in [0.4, 0.5) is 0 Å². The van der Waals surface area contributed by atoms with Gasteiger partial charge in [0, 0.05) is 5.92 Å². The fraction of sp³-hybridized carbons (Fsp3) is 0.700. The molecule has 0 saturated heterocycles. The van der Waals surface area contributed by atoms with Gasteiger partial charge in [-0.05, 0) is 19.8 Å². The van der Waals surface area contributed by atoms with Gasteiger partial charge in [-0.15, -0.1) is 0 Å². The Morgan fingerprint density at radius 1 is 1.62 bits per heavy atom. The summed E-state index contributed by atoms with van der Waals surface area (Å²) in [6, 6.07) is 0. The molecule has 0 fully saturated rings. The highest BCUT2D eigenvalue weighted by molar-refractivity contribution is 5.88. The highest BCUT2D eigenvalue weighted by atomic mass is 16.5. The highest BCUT2D eigenvalue weighted by Crippen LogP contribution is 2.13. The standard InChI is InChI=1S/C10H16O3/c1-5-13-9(11)6-7-10(4,12)8(2)3/h8,12H,5H2,1-4H3. The maximum Gasteiger partial charge on any atom is 0.384 e. The highest BCUT2D eigenvalue weighted by Gasteiger charge is 2.21. The summed E-state index contributed by atoms with van der Waals surface area (Å²) in [6.45, 7) is 7.25. The number of carbonyl (C=O) groups excluding carboxylic acids is 1. The molecule has 3 heteroatoms. The van der Waals surface area contributed by atoms with Crippen molar-refractivity contribution in [1.29, 1.82) is 0 Å². The first-order chi connectivity index (χ1) is 5.90. The van der Waals surface area contributed by atoms with Crippen LogP contribution in [0, 0.1) is 17.8 Å². The quantitative estimate of drug-likeness (QED) is 0.395. The van der Waals surface area contributed by atoms with Crippen LogP contribution < -0.4 is 0 Å². The van der Waals surface area contributed by atoms with Crippen molar-refractivity contribution < 1.29 is 14.6 Å². The molecule has 0 aromatic rings. The van der Waals surface area contributed by atoms with Crippen molar-refractivity contribution in [2.45, 2.75) is 33.3 Å². The molecule has 0 amide bonds. The Morgan fingerprint density at radius 3 is 2.54 bits per heavy atom. The Balaban J connectivity index is 4.31. The number of aliphatic hydroxyl groups is 1.